The van der Waals surface area contributed by atoms with Crippen LogP contribution in [0.5, 0.6) is 0 Å². The van der Waals surface area contributed by atoms with Gasteiger partial charge in [0, 0.05) is 12.6 Å². The molecule has 0 amide bonds. The van der Waals surface area contributed by atoms with E-state index in [1.165, 1.54) is 6.07 Å². The fourth-order valence-corrected chi connectivity index (χ4v) is 3.75. The van der Waals surface area contributed by atoms with E-state index in [4.69, 9.17) is 5.73 Å². The van der Waals surface area contributed by atoms with Gasteiger partial charge in [-0.3, -0.25) is 4.90 Å². The summed E-state index contributed by atoms with van der Waals surface area (Å²) in [7, 11) is -3.51. The molecule has 0 bridgehead atoms. The number of hydrogen-bond donors (Lipinski definition) is 2. The van der Waals surface area contributed by atoms with Crippen LogP contribution in [0.15, 0.2) is 29.2 Å². The molecule has 1 saturated heterocycles. The van der Waals surface area contributed by atoms with Gasteiger partial charge in [0.2, 0.25) is 10.0 Å². The summed E-state index contributed by atoms with van der Waals surface area (Å²) < 4.78 is 27.1. The largest absolute Gasteiger partial charge is 0.398 e. The van der Waals surface area contributed by atoms with E-state index in [0.717, 1.165) is 25.9 Å². The van der Waals surface area contributed by atoms with Gasteiger partial charge in [0.1, 0.15) is 4.90 Å². The fraction of sp³-hybridized carbons (Fsp3) is 0.538. The van der Waals surface area contributed by atoms with E-state index in [2.05, 4.69) is 16.5 Å². The predicted molar refractivity (Wildman–Crippen MR) is 76.3 cm³/mol. The van der Waals surface area contributed by atoms with Crippen LogP contribution in [0.3, 0.4) is 0 Å². The molecule has 0 aliphatic carbocycles. The third-order valence-electron chi connectivity index (χ3n) is 3.62. The summed E-state index contributed by atoms with van der Waals surface area (Å²) >= 11 is 0. The summed E-state index contributed by atoms with van der Waals surface area (Å²) in [4.78, 5) is 2.47. The van der Waals surface area contributed by atoms with Crippen molar-refractivity contribution < 1.29 is 8.42 Å². The zero-order chi connectivity index (χ0) is 13.9. The normalized spacial score (nSPS) is 20.8. The van der Waals surface area contributed by atoms with Crippen molar-refractivity contribution in [1.29, 1.82) is 0 Å². The third-order valence-corrected chi connectivity index (χ3v) is 5.12. The SMILES string of the molecule is CCN1CCCC1CNS(=O)(=O)c1ccccc1N. The van der Waals surface area contributed by atoms with Crippen molar-refractivity contribution >= 4 is 15.7 Å². The number of sulfonamides is 1. The highest BCUT2D eigenvalue weighted by molar-refractivity contribution is 7.89. The number of hydrogen-bond acceptors (Lipinski definition) is 4. The van der Waals surface area contributed by atoms with Crippen molar-refractivity contribution in [1.82, 2.24) is 9.62 Å². The summed E-state index contributed by atoms with van der Waals surface area (Å²) in [5, 5.41) is 0. The van der Waals surface area contributed by atoms with Crippen LogP contribution in [0, 0.1) is 0 Å². The maximum atomic E-state index is 12.2. The average molecular weight is 283 g/mol. The maximum Gasteiger partial charge on any atom is 0.242 e. The first-order valence-corrected chi connectivity index (χ1v) is 8.11. The van der Waals surface area contributed by atoms with Crippen LogP contribution < -0.4 is 10.5 Å². The van der Waals surface area contributed by atoms with E-state index in [0.29, 0.717) is 12.6 Å². The highest BCUT2D eigenvalue weighted by atomic mass is 32.2. The van der Waals surface area contributed by atoms with Crippen LogP contribution in [0.2, 0.25) is 0 Å². The molecule has 2 rings (SSSR count). The second-order valence-corrected chi connectivity index (χ2v) is 6.55. The van der Waals surface area contributed by atoms with Crippen molar-refractivity contribution in [2.45, 2.75) is 30.7 Å². The van der Waals surface area contributed by atoms with E-state index in [9.17, 15) is 8.42 Å². The van der Waals surface area contributed by atoms with Crippen LogP contribution >= 0.6 is 0 Å². The van der Waals surface area contributed by atoms with Gasteiger partial charge in [-0.15, -0.1) is 0 Å². The highest BCUT2D eigenvalue weighted by Crippen LogP contribution is 2.19. The summed E-state index contributed by atoms with van der Waals surface area (Å²) in [5.74, 6) is 0. The van der Waals surface area contributed by atoms with Crippen molar-refractivity contribution in [2.75, 3.05) is 25.4 Å². The molecule has 1 heterocycles. The number of likely N-dealkylation sites (tertiary alicyclic amines) is 1. The minimum absolute atomic E-state index is 0.163. The Kier molecular flexibility index (Phi) is 4.44. The van der Waals surface area contributed by atoms with Crippen molar-refractivity contribution in [2.24, 2.45) is 0 Å². The summed E-state index contributed by atoms with van der Waals surface area (Å²) in [6.45, 7) is 4.56. The monoisotopic (exact) mass is 283 g/mol. The number of benzene rings is 1. The fourth-order valence-electron chi connectivity index (χ4n) is 2.55. The van der Waals surface area contributed by atoms with Crippen molar-refractivity contribution in [3.8, 4) is 0 Å². The molecule has 106 valence electrons. The van der Waals surface area contributed by atoms with E-state index < -0.39 is 10.0 Å². The summed E-state index contributed by atoms with van der Waals surface area (Å²) in [6, 6.07) is 6.83. The molecule has 0 spiro atoms. The van der Waals surface area contributed by atoms with Gasteiger partial charge in [0.15, 0.2) is 0 Å². The number of anilines is 1. The second-order valence-electron chi connectivity index (χ2n) is 4.81. The Bertz CT molecular complexity index is 530. The average Bonchev–Trinajstić information content (AvgIpc) is 2.84. The van der Waals surface area contributed by atoms with Gasteiger partial charge >= 0.3 is 0 Å². The van der Waals surface area contributed by atoms with Gasteiger partial charge in [-0.1, -0.05) is 19.1 Å². The van der Waals surface area contributed by atoms with Crippen molar-refractivity contribution in [3.05, 3.63) is 24.3 Å². The van der Waals surface area contributed by atoms with Gasteiger partial charge in [0.05, 0.1) is 5.69 Å². The Morgan fingerprint density at radius 2 is 2.16 bits per heavy atom. The van der Waals surface area contributed by atoms with E-state index >= 15 is 0 Å². The number of nitrogens with zero attached hydrogens (tertiary/aromatic N) is 1. The first kappa shape index (κ1) is 14.3. The molecule has 5 nitrogen and oxygen atoms in total. The molecule has 3 N–H and O–H groups in total. The molecule has 0 radical (unpaired) electrons. The van der Waals surface area contributed by atoms with Gasteiger partial charge in [-0.25, -0.2) is 13.1 Å². The topological polar surface area (TPSA) is 75.4 Å². The van der Waals surface area contributed by atoms with Gasteiger partial charge in [-0.2, -0.15) is 0 Å². The summed E-state index contributed by atoms with van der Waals surface area (Å²) in [6.07, 6.45) is 2.17. The van der Waals surface area contributed by atoms with Gasteiger partial charge in [0.25, 0.3) is 0 Å². The first-order chi connectivity index (χ1) is 9.04. The van der Waals surface area contributed by atoms with Crippen LogP contribution in [0.25, 0.3) is 0 Å². The molecular formula is C13H21N3O2S. The van der Waals surface area contributed by atoms with E-state index in [1.807, 2.05) is 0 Å². The lowest BCUT2D eigenvalue weighted by molar-refractivity contribution is 0.268. The van der Waals surface area contributed by atoms with Gasteiger partial charge in [-0.05, 0) is 38.1 Å². The molecule has 1 atom stereocenters. The second kappa shape index (κ2) is 5.90. The quantitative estimate of drug-likeness (QED) is 0.792. The lowest BCUT2D eigenvalue weighted by Crippen LogP contribution is -2.40. The Morgan fingerprint density at radius 1 is 1.42 bits per heavy atom. The molecule has 1 aromatic rings. The molecule has 1 aromatic carbocycles. The lowest BCUT2D eigenvalue weighted by atomic mass is 10.2. The smallest absolute Gasteiger partial charge is 0.242 e. The van der Waals surface area contributed by atoms with E-state index in [-0.39, 0.29) is 10.6 Å². The maximum absolute atomic E-state index is 12.2. The number of rotatable bonds is 5. The summed E-state index contributed by atoms with van der Waals surface area (Å²) in [5.41, 5.74) is 6.00. The minimum atomic E-state index is -3.51. The van der Waals surface area contributed by atoms with Crippen LogP contribution in [-0.2, 0) is 10.0 Å². The number of nitrogen functional groups attached to an aromatic ring is 1. The molecule has 1 aliphatic rings. The van der Waals surface area contributed by atoms with Gasteiger partial charge < -0.3 is 5.73 Å². The standard InChI is InChI=1S/C13H21N3O2S/c1-2-16-9-5-6-11(16)10-15-19(17,18)13-8-4-3-7-12(13)14/h3-4,7-8,11,15H,2,5-6,9-10,14H2,1H3. The number of nitrogens with two attached hydrogens (primary N) is 1. The van der Waals surface area contributed by atoms with Crippen molar-refractivity contribution in [3.63, 3.8) is 0 Å². The predicted octanol–water partition coefficient (Wildman–Crippen LogP) is 1.03. The molecular weight excluding hydrogens is 262 g/mol. The number of nitrogens with one attached hydrogen (secondary N) is 1. The molecule has 6 heteroatoms. The molecule has 0 saturated carbocycles. The van der Waals surface area contributed by atoms with Crippen LogP contribution in [-0.4, -0.2) is 39.0 Å². The zero-order valence-electron chi connectivity index (χ0n) is 11.2. The highest BCUT2D eigenvalue weighted by Gasteiger charge is 2.25. The van der Waals surface area contributed by atoms with Crippen LogP contribution in [0.1, 0.15) is 19.8 Å². The first-order valence-electron chi connectivity index (χ1n) is 6.63. The van der Waals surface area contributed by atoms with Crippen LogP contribution in [0.4, 0.5) is 5.69 Å². The Balaban J connectivity index is 2.04. The Morgan fingerprint density at radius 3 is 2.84 bits per heavy atom. The molecule has 1 aliphatic heterocycles. The molecule has 19 heavy (non-hydrogen) atoms. The Hall–Kier alpha value is -1.11. The number of para-hydroxylation sites is 1. The van der Waals surface area contributed by atoms with E-state index in [1.54, 1.807) is 18.2 Å². The molecule has 0 aromatic heterocycles. The number of likely N-dealkylation sites (N-methyl/N-ethyl adjacent to an activating group) is 1. The minimum Gasteiger partial charge on any atom is -0.398 e. The lowest BCUT2D eigenvalue weighted by Gasteiger charge is -2.23. The zero-order valence-corrected chi connectivity index (χ0v) is 12.0. The Labute approximate surface area is 114 Å². The third kappa shape index (κ3) is 3.26. The molecule has 1 fully saturated rings. The molecule has 1 unspecified atom stereocenters.